The molecular formula is C13H28N2O2. The van der Waals surface area contributed by atoms with Crippen LogP contribution in [0.5, 0.6) is 0 Å². The largest absolute Gasteiger partial charge is 0.385 e. The molecule has 1 amide bonds. The fourth-order valence-corrected chi connectivity index (χ4v) is 1.54. The number of methoxy groups -OCH3 is 1. The number of carbonyl (C=O) groups excluding carboxylic acids is 1. The molecule has 0 saturated heterocycles. The van der Waals surface area contributed by atoms with Crippen LogP contribution in [0.3, 0.4) is 0 Å². The number of hydrogen-bond acceptors (Lipinski definition) is 3. The lowest BCUT2D eigenvalue weighted by Gasteiger charge is -2.25. The van der Waals surface area contributed by atoms with Gasteiger partial charge in [-0.15, -0.1) is 0 Å². The first-order valence-electron chi connectivity index (χ1n) is 6.30. The minimum absolute atomic E-state index is 0.0449. The predicted octanol–water partition coefficient (Wildman–Crippen LogP) is 1.54. The molecule has 0 bridgehead atoms. The Bertz CT molecular complexity index is 227. The van der Waals surface area contributed by atoms with Gasteiger partial charge in [-0.2, -0.15) is 0 Å². The summed E-state index contributed by atoms with van der Waals surface area (Å²) in [6.45, 7) is 9.70. The number of nitrogens with one attached hydrogen (secondary N) is 1. The van der Waals surface area contributed by atoms with Gasteiger partial charge in [-0.05, 0) is 24.2 Å². The maximum atomic E-state index is 11.7. The third kappa shape index (κ3) is 8.16. The fourth-order valence-electron chi connectivity index (χ4n) is 1.54. The molecule has 3 N–H and O–H groups in total. The Labute approximate surface area is 105 Å². The summed E-state index contributed by atoms with van der Waals surface area (Å²) in [5.74, 6) is 0.390. The molecule has 0 aliphatic carbocycles. The average molecular weight is 244 g/mol. The van der Waals surface area contributed by atoms with Gasteiger partial charge >= 0.3 is 0 Å². The number of carbonyl (C=O) groups is 1. The van der Waals surface area contributed by atoms with Gasteiger partial charge in [0, 0.05) is 20.3 Å². The van der Waals surface area contributed by atoms with Crippen molar-refractivity contribution in [2.45, 2.75) is 46.6 Å². The van der Waals surface area contributed by atoms with Crippen LogP contribution < -0.4 is 11.1 Å². The van der Waals surface area contributed by atoms with E-state index in [2.05, 4.69) is 33.0 Å². The van der Waals surface area contributed by atoms with E-state index < -0.39 is 6.04 Å². The van der Waals surface area contributed by atoms with Crippen molar-refractivity contribution in [3.8, 4) is 0 Å². The minimum Gasteiger partial charge on any atom is -0.385 e. The van der Waals surface area contributed by atoms with Crippen molar-refractivity contribution in [2.24, 2.45) is 17.1 Å². The molecule has 102 valence electrons. The Morgan fingerprint density at radius 3 is 2.47 bits per heavy atom. The summed E-state index contributed by atoms with van der Waals surface area (Å²) in [5, 5.41) is 2.92. The van der Waals surface area contributed by atoms with E-state index in [0.717, 1.165) is 12.8 Å². The predicted molar refractivity (Wildman–Crippen MR) is 70.7 cm³/mol. The van der Waals surface area contributed by atoms with Crippen molar-refractivity contribution in [3.63, 3.8) is 0 Å². The topological polar surface area (TPSA) is 64.3 Å². The van der Waals surface area contributed by atoms with E-state index in [0.29, 0.717) is 19.1 Å². The molecule has 0 aromatic heterocycles. The minimum atomic E-state index is -0.395. The molecule has 0 aliphatic heterocycles. The van der Waals surface area contributed by atoms with E-state index in [-0.39, 0.29) is 11.3 Å². The summed E-state index contributed by atoms with van der Waals surface area (Å²) in [4.78, 5) is 11.7. The van der Waals surface area contributed by atoms with Crippen LogP contribution in [0, 0.1) is 11.3 Å². The van der Waals surface area contributed by atoms with Crippen molar-refractivity contribution in [2.75, 3.05) is 20.3 Å². The SMILES string of the molecule is COCCC(C)(C)CNC(=O)C(N)CC(C)C. The highest BCUT2D eigenvalue weighted by Crippen LogP contribution is 2.18. The highest BCUT2D eigenvalue weighted by molar-refractivity contribution is 5.81. The Morgan fingerprint density at radius 1 is 1.41 bits per heavy atom. The zero-order chi connectivity index (χ0) is 13.5. The van der Waals surface area contributed by atoms with Gasteiger partial charge in [-0.3, -0.25) is 4.79 Å². The first-order valence-corrected chi connectivity index (χ1v) is 6.30. The fraction of sp³-hybridized carbons (Fsp3) is 0.923. The van der Waals surface area contributed by atoms with E-state index in [1.807, 2.05) is 0 Å². The van der Waals surface area contributed by atoms with Gasteiger partial charge in [-0.25, -0.2) is 0 Å². The van der Waals surface area contributed by atoms with Crippen LogP contribution in [0.25, 0.3) is 0 Å². The number of amides is 1. The normalized spacial score (nSPS) is 13.8. The summed E-state index contributed by atoms with van der Waals surface area (Å²) < 4.78 is 5.05. The summed E-state index contributed by atoms with van der Waals surface area (Å²) in [6, 6.07) is -0.395. The summed E-state index contributed by atoms with van der Waals surface area (Å²) in [7, 11) is 1.69. The molecule has 0 fully saturated rings. The molecule has 1 atom stereocenters. The van der Waals surface area contributed by atoms with Gasteiger partial charge in [0.2, 0.25) is 5.91 Å². The van der Waals surface area contributed by atoms with Crippen LogP contribution in [-0.4, -0.2) is 32.2 Å². The van der Waals surface area contributed by atoms with Crippen LogP contribution in [0.2, 0.25) is 0 Å². The smallest absolute Gasteiger partial charge is 0.236 e. The van der Waals surface area contributed by atoms with Gasteiger partial charge < -0.3 is 15.8 Å². The molecule has 0 rings (SSSR count). The molecule has 0 aromatic carbocycles. The van der Waals surface area contributed by atoms with Gasteiger partial charge in [0.05, 0.1) is 6.04 Å². The third-order valence-corrected chi connectivity index (χ3v) is 2.79. The summed E-state index contributed by atoms with van der Waals surface area (Å²) in [6.07, 6.45) is 1.65. The monoisotopic (exact) mass is 244 g/mol. The maximum Gasteiger partial charge on any atom is 0.236 e. The number of nitrogens with two attached hydrogens (primary N) is 1. The Balaban J connectivity index is 3.97. The van der Waals surface area contributed by atoms with Gasteiger partial charge in [-0.1, -0.05) is 27.7 Å². The molecular weight excluding hydrogens is 216 g/mol. The first kappa shape index (κ1) is 16.4. The first-order chi connectivity index (χ1) is 7.78. The second-order valence-corrected chi connectivity index (χ2v) is 5.86. The molecule has 17 heavy (non-hydrogen) atoms. The van der Waals surface area contributed by atoms with E-state index >= 15 is 0 Å². The molecule has 0 aromatic rings. The summed E-state index contributed by atoms with van der Waals surface area (Å²) in [5.41, 5.74) is 5.86. The standard InChI is InChI=1S/C13H28N2O2/c1-10(2)8-11(14)12(16)15-9-13(3,4)6-7-17-5/h10-11H,6-9,14H2,1-5H3,(H,15,16). The van der Waals surface area contributed by atoms with Gasteiger partial charge in [0.15, 0.2) is 0 Å². The molecule has 0 radical (unpaired) electrons. The van der Waals surface area contributed by atoms with Crippen molar-refractivity contribution < 1.29 is 9.53 Å². The molecule has 0 spiro atoms. The zero-order valence-corrected chi connectivity index (χ0v) is 11.9. The van der Waals surface area contributed by atoms with E-state index in [9.17, 15) is 4.79 Å². The highest BCUT2D eigenvalue weighted by Gasteiger charge is 2.21. The molecule has 0 heterocycles. The third-order valence-electron chi connectivity index (χ3n) is 2.79. The second kappa shape index (κ2) is 7.67. The molecule has 4 nitrogen and oxygen atoms in total. The van der Waals surface area contributed by atoms with Crippen molar-refractivity contribution in [3.05, 3.63) is 0 Å². The lowest BCUT2D eigenvalue weighted by atomic mass is 9.89. The molecule has 4 heteroatoms. The van der Waals surface area contributed by atoms with Gasteiger partial charge in [0.1, 0.15) is 0 Å². The second-order valence-electron chi connectivity index (χ2n) is 5.86. The van der Waals surface area contributed by atoms with Crippen LogP contribution >= 0.6 is 0 Å². The lowest BCUT2D eigenvalue weighted by molar-refractivity contribution is -0.123. The van der Waals surface area contributed by atoms with Crippen molar-refractivity contribution in [1.82, 2.24) is 5.32 Å². The van der Waals surface area contributed by atoms with E-state index in [1.54, 1.807) is 7.11 Å². The van der Waals surface area contributed by atoms with E-state index in [1.165, 1.54) is 0 Å². The number of rotatable bonds is 8. The molecule has 1 unspecified atom stereocenters. The van der Waals surface area contributed by atoms with Crippen molar-refractivity contribution >= 4 is 5.91 Å². The van der Waals surface area contributed by atoms with Crippen LogP contribution in [0.1, 0.15) is 40.5 Å². The zero-order valence-electron chi connectivity index (χ0n) is 11.9. The lowest BCUT2D eigenvalue weighted by Crippen LogP contribution is -2.44. The van der Waals surface area contributed by atoms with Crippen LogP contribution in [0.15, 0.2) is 0 Å². The summed E-state index contributed by atoms with van der Waals surface area (Å²) >= 11 is 0. The van der Waals surface area contributed by atoms with Crippen LogP contribution in [0.4, 0.5) is 0 Å². The molecule has 0 saturated carbocycles. The quantitative estimate of drug-likeness (QED) is 0.680. The van der Waals surface area contributed by atoms with E-state index in [4.69, 9.17) is 10.5 Å². The molecule has 0 aliphatic rings. The Morgan fingerprint density at radius 2 is 2.00 bits per heavy atom. The maximum absolute atomic E-state index is 11.7. The van der Waals surface area contributed by atoms with Crippen molar-refractivity contribution in [1.29, 1.82) is 0 Å². The Hall–Kier alpha value is -0.610. The number of hydrogen-bond donors (Lipinski definition) is 2. The van der Waals surface area contributed by atoms with Gasteiger partial charge in [0.25, 0.3) is 0 Å². The highest BCUT2D eigenvalue weighted by atomic mass is 16.5. The number of ether oxygens (including phenoxy) is 1. The average Bonchev–Trinajstić information content (AvgIpc) is 2.22. The van der Waals surface area contributed by atoms with Crippen LogP contribution in [-0.2, 0) is 9.53 Å². The Kier molecular flexibility index (Phi) is 7.39.